The number of nitrogens with one attached hydrogen (secondary N) is 1. The van der Waals surface area contributed by atoms with E-state index in [2.05, 4.69) is 42.0 Å². The number of hydrogen-bond donors (Lipinski definition) is 1. The summed E-state index contributed by atoms with van der Waals surface area (Å²) in [6, 6.07) is 8.27. The van der Waals surface area contributed by atoms with E-state index >= 15 is 0 Å². The fourth-order valence-electron chi connectivity index (χ4n) is 2.51. The number of para-hydroxylation sites is 2. The average molecular weight is 244 g/mol. The molecule has 2 rings (SSSR count). The number of hydrogen-bond acceptors (Lipinski definition) is 1. The van der Waals surface area contributed by atoms with Crippen LogP contribution in [-0.4, -0.2) is 9.97 Å². The highest BCUT2D eigenvalue weighted by molar-refractivity contribution is 5.74. The minimum Gasteiger partial charge on any atom is -0.342 e. The lowest BCUT2D eigenvalue weighted by atomic mass is 9.94. The molecule has 98 valence electrons. The summed E-state index contributed by atoms with van der Waals surface area (Å²) in [6.45, 7) is 4.57. The van der Waals surface area contributed by atoms with Gasteiger partial charge in [0, 0.05) is 6.42 Å². The highest BCUT2D eigenvalue weighted by Crippen LogP contribution is 2.19. The van der Waals surface area contributed by atoms with Crippen molar-refractivity contribution in [2.45, 2.75) is 52.4 Å². The van der Waals surface area contributed by atoms with Gasteiger partial charge in [0.15, 0.2) is 0 Å². The third-order valence-electron chi connectivity index (χ3n) is 3.77. The number of aromatic amines is 1. The quantitative estimate of drug-likeness (QED) is 0.750. The largest absolute Gasteiger partial charge is 0.342 e. The van der Waals surface area contributed by atoms with Crippen molar-refractivity contribution in [3.05, 3.63) is 30.1 Å². The second-order valence-electron chi connectivity index (χ2n) is 5.16. The molecular weight excluding hydrogens is 220 g/mol. The predicted molar refractivity (Wildman–Crippen MR) is 77.7 cm³/mol. The molecule has 0 fully saturated rings. The Hall–Kier alpha value is -1.31. The second kappa shape index (κ2) is 6.58. The Balaban J connectivity index is 1.92. The number of rotatable bonds is 7. The second-order valence-corrected chi connectivity index (χ2v) is 5.16. The van der Waals surface area contributed by atoms with Crippen LogP contribution in [0.4, 0.5) is 0 Å². The molecule has 2 nitrogen and oxygen atoms in total. The first-order chi connectivity index (χ1) is 8.83. The molecule has 0 aliphatic rings. The first-order valence-corrected chi connectivity index (χ1v) is 7.27. The fourth-order valence-corrected chi connectivity index (χ4v) is 2.51. The molecule has 1 aromatic carbocycles. The lowest BCUT2D eigenvalue weighted by molar-refractivity contribution is 0.419. The first-order valence-electron chi connectivity index (χ1n) is 7.27. The van der Waals surface area contributed by atoms with Crippen molar-refractivity contribution < 1.29 is 0 Å². The number of nitrogens with zero attached hydrogens (tertiary/aromatic N) is 1. The molecule has 0 aliphatic heterocycles. The fraction of sp³-hybridized carbons (Fsp3) is 0.562. The highest BCUT2D eigenvalue weighted by atomic mass is 14.9. The third kappa shape index (κ3) is 3.34. The van der Waals surface area contributed by atoms with E-state index < -0.39 is 0 Å². The lowest BCUT2D eigenvalue weighted by Crippen LogP contribution is -2.02. The molecule has 1 heterocycles. The van der Waals surface area contributed by atoms with Gasteiger partial charge in [-0.1, -0.05) is 51.7 Å². The van der Waals surface area contributed by atoms with Crippen molar-refractivity contribution in [1.82, 2.24) is 9.97 Å². The number of unbranched alkanes of at least 4 members (excludes halogenated alkanes) is 1. The van der Waals surface area contributed by atoms with Gasteiger partial charge in [0.2, 0.25) is 0 Å². The van der Waals surface area contributed by atoms with Crippen LogP contribution in [0.2, 0.25) is 0 Å². The van der Waals surface area contributed by atoms with E-state index in [1.807, 2.05) is 6.07 Å². The van der Waals surface area contributed by atoms with Gasteiger partial charge >= 0.3 is 0 Å². The Morgan fingerprint density at radius 2 is 2.00 bits per heavy atom. The van der Waals surface area contributed by atoms with Crippen LogP contribution in [0.3, 0.4) is 0 Å². The molecule has 0 saturated carbocycles. The molecule has 0 aliphatic carbocycles. The standard InChI is InChI=1S/C16H24N2/c1-3-5-8-13(4-2)11-12-16-17-14-9-6-7-10-15(14)18-16/h6-7,9-10,13H,3-5,8,11-12H2,1-2H3,(H,17,18). The van der Waals surface area contributed by atoms with Crippen molar-refractivity contribution in [2.24, 2.45) is 5.92 Å². The zero-order chi connectivity index (χ0) is 12.8. The maximum Gasteiger partial charge on any atom is 0.107 e. The van der Waals surface area contributed by atoms with Gasteiger partial charge in [0.05, 0.1) is 11.0 Å². The summed E-state index contributed by atoms with van der Waals surface area (Å²) < 4.78 is 0. The van der Waals surface area contributed by atoms with E-state index in [0.717, 1.165) is 29.2 Å². The monoisotopic (exact) mass is 244 g/mol. The van der Waals surface area contributed by atoms with E-state index in [4.69, 9.17) is 0 Å². The number of aromatic nitrogens is 2. The van der Waals surface area contributed by atoms with E-state index in [1.54, 1.807) is 0 Å². The molecule has 0 saturated heterocycles. The van der Waals surface area contributed by atoms with Crippen LogP contribution < -0.4 is 0 Å². The SMILES string of the molecule is CCCCC(CC)CCc1nc2ccccc2[nH]1. The van der Waals surface area contributed by atoms with Crippen LogP contribution in [0.15, 0.2) is 24.3 Å². The number of aryl methyl sites for hydroxylation is 1. The van der Waals surface area contributed by atoms with Crippen LogP contribution in [-0.2, 0) is 6.42 Å². The van der Waals surface area contributed by atoms with Gasteiger partial charge in [-0.15, -0.1) is 0 Å². The Kier molecular flexibility index (Phi) is 4.80. The van der Waals surface area contributed by atoms with Crippen LogP contribution in [0, 0.1) is 5.92 Å². The van der Waals surface area contributed by atoms with Gasteiger partial charge in [-0.05, 0) is 24.5 Å². The van der Waals surface area contributed by atoms with Crippen LogP contribution >= 0.6 is 0 Å². The summed E-state index contributed by atoms with van der Waals surface area (Å²) in [7, 11) is 0. The summed E-state index contributed by atoms with van der Waals surface area (Å²) in [6.07, 6.45) is 7.67. The van der Waals surface area contributed by atoms with E-state index in [0.29, 0.717) is 0 Å². The summed E-state index contributed by atoms with van der Waals surface area (Å²) >= 11 is 0. The van der Waals surface area contributed by atoms with Gasteiger partial charge in [0.1, 0.15) is 5.82 Å². The summed E-state index contributed by atoms with van der Waals surface area (Å²) in [5.41, 5.74) is 2.25. The average Bonchev–Trinajstić information content (AvgIpc) is 2.81. The molecule has 0 bridgehead atoms. The van der Waals surface area contributed by atoms with Crippen LogP contribution in [0.25, 0.3) is 11.0 Å². The zero-order valence-electron chi connectivity index (χ0n) is 11.6. The van der Waals surface area contributed by atoms with Crippen LogP contribution in [0.5, 0.6) is 0 Å². The summed E-state index contributed by atoms with van der Waals surface area (Å²) in [5, 5.41) is 0. The Bertz CT molecular complexity index is 440. The van der Waals surface area contributed by atoms with Gasteiger partial charge in [-0.2, -0.15) is 0 Å². The molecule has 1 aromatic heterocycles. The molecule has 1 atom stereocenters. The minimum atomic E-state index is 0.859. The van der Waals surface area contributed by atoms with Crippen molar-refractivity contribution in [3.8, 4) is 0 Å². The maximum absolute atomic E-state index is 4.64. The Labute approximate surface area is 110 Å². The van der Waals surface area contributed by atoms with Crippen molar-refractivity contribution in [3.63, 3.8) is 0 Å². The molecule has 2 aromatic rings. The molecule has 0 amide bonds. The van der Waals surface area contributed by atoms with E-state index in [9.17, 15) is 0 Å². The van der Waals surface area contributed by atoms with Gasteiger partial charge in [-0.3, -0.25) is 0 Å². The van der Waals surface area contributed by atoms with Gasteiger partial charge < -0.3 is 4.98 Å². The first kappa shape index (κ1) is 13.1. The Morgan fingerprint density at radius 1 is 1.17 bits per heavy atom. The Morgan fingerprint density at radius 3 is 2.72 bits per heavy atom. The van der Waals surface area contributed by atoms with Gasteiger partial charge in [0.25, 0.3) is 0 Å². The van der Waals surface area contributed by atoms with Gasteiger partial charge in [-0.25, -0.2) is 4.98 Å². The summed E-state index contributed by atoms with van der Waals surface area (Å²) in [5.74, 6) is 2.00. The smallest absolute Gasteiger partial charge is 0.107 e. The lowest BCUT2D eigenvalue weighted by Gasteiger charge is -2.12. The molecule has 1 unspecified atom stereocenters. The number of benzene rings is 1. The highest BCUT2D eigenvalue weighted by Gasteiger charge is 2.08. The van der Waals surface area contributed by atoms with Crippen molar-refractivity contribution >= 4 is 11.0 Å². The molecule has 0 radical (unpaired) electrons. The van der Waals surface area contributed by atoms with E-state index in [1.165, 1.54) is 32.1 Å². The third-order valence-corrected chi connectivity index (χ3v) is 3.77. The molecular formula is C16H24N2. The number of imidazole rings is 1. The van der Waals surface area contributed by atoms with Crippen molar-refractivity contribution in [1.29, 1.82) is 0 Å². The normalized spacial score (nSPS) is 13.0. The molecule has 2 heteroatoms. The van der Waals surface area contributed by atoms with E-state index in [-0.39, 0.29) is 0 Å². The number of H-pyrrole nitrogens is 1. The zero-order valence-corrected chi connectivity index (χ0v) is 11.6. The maximum atomic E-state index is 4.64. The predicted octanol–water partition coefficient (Wildman–Crippen LogP) is 4.71. The topological polar surface area (TPSA) is 28.7 Å². The summed E-state index contributed by atoms with van der Waals surface area (Å²) in [4.78, 5) is 8.06. The van der Waals surface area contributed by atoms with Crippen LogP contribution in [0.1, 0.15) is 51.8 Å². The molecule has 18 heavy (non-hydrogen) atoms. The van der Waals surface area contributed by atoms with Crippen molar-refractivity contribution in [2.75, 3.05) is 0 Å². The molecule has 0 spiro atoms. The minimum absolute atomic E-state index is 0.859. The molecule has 1 N–H and O–H groups in total. The number of fused-ring (bicyclic) bond motifs is 1.